The highest BCUT2D eigenvalue weighted by molar-refractivity contribution is 7.81. The highest BCUT2D eigenvalue weighted by Crippen LogP contribution is 2.29. The van der Waals surface area contributed by atoms with Crippen molar-refractivity contribution in [2.24, 2.45) is 0 Å². The van der Waals surface area contributed by atoms with Crippen molar-refractivity contribution in [2.45, 2.75) is 61.5 Å². The number of carbonyl (C=O) groups is 4. The van der Waals surface area contributed by atoms with E-state index in [1.807, 2.05) is 6.07 Å². The molecule has 216 valence electrons. The van der Waals surface area contributed by atoms with Crippen LogP contribution in [0.2, 0.25) is 0 Å². The number of phenols is 1. The van der Waals surface area contributed by atoms with Gasteiger partial charge in [-0.05, 0) is 50.1 Å². The monoisotopic (exact) mass is 588 g/mol. The summed E-state index contributed by atoms with van der Waals surface area (Å²) in [6.07, 6.45) is 0.796. The van der Waals surface area contributed by atoms with Crippen molar-refractivity contribution in [3.05, 3.63) is 65.7 Å². The highest BCUT2D eigenvalue weighted by Gasteiger charge is 2.38. The minimum absolute atomic E-state index is 0.0325. The maximum atomic E-state index is 13.3. The van der Waals surface area contributed by atoms with Crippen LogP contribution in [0.4, 0.5) is 0 Å². The van der Waals surface area contributed by atoms with Crippen LogP contribution in [0.5, 0.6) is 5.75 Å². The summed E-state index contributed by atoms with van der Waals surface area (Å²) in [6.45, 7) is 3.73. The van der Waals surface area contributed by atoms with Gasteiger partial charge in [-0.1, -0.05) is 42.5 Å². The predicted molar refractivity (Wildman–Crippen MR) is 158 cm³/mol. The van der Waals surface area contributed by atoms with E-state index in [1.54, 1.807) is 62.4 Å². The van der Waals surface area contributed by atoms with Crippen LogP contribution in [0, 0.1) is 0 Å². The number of thiol groups is 2. The number of amides is 3. The smallest absolute Gasteiger partial charge is 0.327 e. The van der Waals surface area contributed by atoms with Gasteiger partial charge in [-0.3, -0.25) is 14.4 Å². The first-order chi connectivity index (χ1) is 18.9. The van der Waals surface area contributed by atoms with Crippen LogP contribution in [0.3, 0.4) is 0 Å². The van der Waals surface area contributed by atoms with Crippen LogP contribution in [0.15, 0.2) is 54.6 Å². The lowest BCUT2D eigenvalue weighted by Crippen LogP contribution is -2.60. The molecular formula is C28H36N4O6S2. The molecule has 5 atom stereocenters. The molecule has 10 nitrogen and oxygen atoms in total. The van der Waals surface area contributed by atoms with Crippen molar-refractivity contribution in [1.82, 2.24) is 21.3 Å². The lowest BCUT2D eigenvalue weighted by molar-refractivity contribution is -0.143. The Morgan fingerprint density at radius 3 is 2.17 bits per heavy atom. The summed E-state index contributed by atoms with van der Waals surface area (Å²) in [6, 6.07) is 11.5. The molecule has 2 aromatic carbocycles. The molecule has 0 bridgehead atoms. The number of carboxylic acid groups (broad SMARTS) is 1. The van der Waals surface area contributed by atoms with Gasteiger partial charge in [0.15, 0.2) is 0 Å². The average Bonchev–Trinajstić information content (AvgIpc) is 3.40. The summed E-state index contributed by atoms with van der Waals surface area (Å²) < 4.78 is -1.08. The molecule has 0 radical (unpaired) electrons. The summed E-state index contributed by atoms with van der Waals surface area (Å²) >= 11 is 8.57. The van der Waals surface area contributed by atoms with Crippen molar-refractivity contribution >= 4 is 48.9 Å². The number of rotatable bonds is 12. The van der Waals surface area contributed by atoms with E-state index < -0.39 is 52.6 Å². The lowest BCUT2D eigenvalue weighted by Gasteiger charge is -2.29. The van der Waals surface area contributed by atoms with Crippen LogP contribution in [0.25, 0.3) is 0 Å². The second kappa shape index (κ2) is 13.9. The van der Waals surface area contributed by atoms with Gasteiger partial charge in [-0.2, -0.15) is 25.3 Å². The maximum absolute atomic E-state index is 13.3. The topological polar surface area (TPSA) is 157 Å². The Morgan fingerprint density at radius 1 is 0.975 bits per heavy atom. The zero-order chi connectivity index (χ0) is 29.4. The standard InChI is InChI=1S/C28H36N4O6S2/c1-28(2,40)23(27(37)38)32-24(34)20(14-16-6-4-3-5-7-16)30-25(35)21(15-39)31-26(36)22-19(12-13-29-22)17-8-10-18(33)11-9-17/h3-11,19-23,29,33,39-40H,12-15H2,1-2H3,(H,30,35)(H,31,36)(H,32,34)(H,37,38)/t19-,20-,21+,22+,23-/m0/s1. The van der Waals surface area contributed by atoms with Crippen LogP contribution in [0.1, 0.15) is 37.3 Å². The molecule has 0 aromatic heterocycles. The van der Waals surface area contributed by atoms with Crippen molar-refractivity contribution in [2.75, 3.05) is 12.3 Å². The number of phenolic OH excluding ortho intramolecular Hbond substituents is 1. The van der Waals surface area contributed by atoms with Gasteiger partial charge in [-0.15, -0.1) is 0 Å². The molecule has 3 rings (SSSR count). The molecule has 1 saturated heterocycles. The Hall–Kier alpha value is -3.22. The zero-order valence-corrected chi connectivity index (χ0v) is 24.1. The summed E-state index contributed by atoms with van der Waals surface area (Å²) in [5.41, 5.74) is 1.63. The quantitative estimate of drug-likeness (QED) is 0.174. The molecule has 1 aliphatic rings. The van der Waals surface area contributed by atoms with E-state index in [0.717, 1.165) is 11.1 Å². The minimum Gasteiger partial charge on any atom is -0.508 e. The van der Waals surface area contributed by atoms with Crippen molar-refractivity contribution < 1.29 is 29.4 Å². The van der Waals surface area contributed by atoms with E-state index in [9.17, 15) is 29.4 Å². The summed E-state index contributed by atoms with van der Waals surface area (Å²) in [5.74, 6) is -3.03. The van der Waals surface area contributed by atoms with E-state index in [1.165, 1.54) is 0 Å². The molecule has 2 aromatic rings. The van der Waals surface area contributed by atoms with Gasteiger partial charge in [0.25, 0.3) is 0 Å². The van der Waals surface area contributed by atoms with Gasteiger partial charge in [0.2, 0.25) is 17.7 Å². The number of benzene rings is 2. The Balaban J connectivity index is 1.74. The van der Waals surface area contributed by atoms with Gasteiger partial charge < -0.3 is 31.5 Å². The fourth-order valence-corrected chi connectivity index (χ4v) is 5.06. The van der Waals surface area contributed by atoms with Crippen LogP contribution in [-0.2, 0) is 25.6 Å². The summed E-state index contributed by atoms with van der Waals surface area (Å²) in [5, 5.41) is 30.3. The molecule has 12 heteroatoms. The second-order valence-corrected chi connectivity index (χ2v) is 11.9. The predicted octanol–water partition coefficient (Wildman–Crippen LogP) is 1.26. The van der Waals surface area contributed by atoms with Gasteiger partial charge >= 0.3 is 5.97 Å². The van der Waals surface area contributed by atoms with E-state index in [-0.39, 0.29) is 23.8 Å². The molecule has 1 heterocycles. The van der Waals surface area contributed by atoms with E-state index in [0.29, 0.717) is 13.0 Å². The number of aliphatic carboxylic acids is 1. The molecule has 1 fully saturated rings. The Kier molecular flexibility index (Phi) is 10.9. The number of carbonyl (C=O) groups excluding carboxylic acids is 3. The molecule has 0 spiro atoms. The van der Waals surface area contributed by atoms with Crippen molar-refractivity contribution in [3.8, 4) is 5.75 Å². The third-order valence-electron chi connectivity index (χ3n) is 6.80. The first kappa shape index (κ1) is 31.3. The first-order valence-electron chi connectivity index (χ1n) is 12.9. The fourth-order valence-electron chi connectivity index (χ4n) is 4.63. The molecule has 40 heavy (non-hydrogen) atoms. The molecule has 0 aliphatic carbocycles. The molecule has 0 unspecified atom stereocenters. The number of hydrogen-bond donors (Lipinski definition) is 8. The van der Waals surface area contributed by atoms with Crippen molar-refractivity contribution in [1.29, 1.82) is 0 Å². The summed E-state index contributed by atoms with van der Waals surface area (Å²) in [4.78, 5) is 51.6. The third kappa shape index (κ3) is 8.39. The molecule has 3 amide bonds. The normalized spacial score (nSPS) is 19.2. The van der Waals surface area contributed by atoms with E-state index >= 15 is 0 Å². The molecule has 6 N–H and O–H groups in total. The highest BCUT2D eigenvalue weighted by atomic mass is 32.1. The Morgan fingerprint density at radius 2 is 1.60 bits per heavy atom. The molecule has 0 saturated carbocycles. The van der Waals surface area contributed by atoms with Crippen LogP contribution in [-0.4, -0.2) is 75.1 Å². The molecular weight excluding hydrogens is 552 g/mol. The van der Waals surface area contributed by atoms with Crippen LogP contribution < -0.4 is 21.3 Å². The zero-order valence-electron chi connectivity index (χ0n) is 22.3. The SMILES string of the molecule is CC(C)(S)[C@@H](NC(=O)[C@H](Cc1ccccc1)NC(=O)[C@@H](CS)NC(=O)[C@@H]1NCC[C@H]1c1ccc(O)cc1)C(=O)O. The minimum atomic E-state index is -1.32. The van der Waals surface area contributed by atoms with Crippen LogP contribution >= 0.6 is 25.3 Å². The number of carboxylic acids is 1. The Bertz CT molecular complexity index is 1190. The third-order valence-corrected chi connectivity index (χ3v) is 7.42. The number of hydrogen-bond acceptors (Lipinski definition) is 8. The molecule has 1 aliphatic heterocycles. The second-order valence-electron chi connectivity index (χ2n) is 10.3. The van der Waals surface area contributed by atoms with E-state index in [4.69, 9.17) is 0 Å². The van der Waals surface area contributed by atoms with E-state index in [2.05, 4.69) is 46.5 Å². The summed E-state index contributed by atoms with van der Waals surface area (Å²) in [7, 11) is 0. The van der Waals surface area contributed by atoms with Gasteiger partial charge in [0, 0.05) is 22.8 Å². The van der Waals surface area contributed by atoms with Gasteiger partial charge in [0.05, 0.1) is 6.04 Å². The number of aromatic hydroxyl groups is 1. The average molecular weight is 589 g/mol. The maximum Gasteiger partial charge on any atom is 0.327 e. The van der Waals surface area contributed by atoms with Crippen molar-refractivity contribution in [3.63, 3.8) is 0 Å². The van der Waals surface area contributed by atoms with Gasteiger partial charge in [0.1, 0.15) is 23.9 Å². The first-order valence-corrected chi connectivity index (χ1v) is 14.0. The number of nitrogens with one attached hydrogen (secondary N) is 4. The fraction of sp³-hybridized carbons (Fsp3) is 0.429. The lowest BCUT2D eigenvalue weighted by atomic mass is 9.91. The largest absolute Gasteiger partial charge is 0.508 e. The Labute approximate surface area is 244 Å². The van der Waals surface area contributed by atoms with Gasteiger partial charge in [-0.25, -0.2) is 4.79 Å².